The number of ether oxygens (including phenoxy) is 3. The molecule has 0 radical (unpaired) electrons. The van der Waals surface area contributed by atoms with Gasteiger partial charge in [0, 0.05) is 12.5 Å². The number of alkyl carbamates (subject to hydrolysis) is 1. The number of carbonyl (C=O) groups excluding carboxylic acids is 3. The number of rotatable bonds is 9. The van der Waals surface area contributed by atoms with Crippen molar-refractivity contribution >= 4 is 19.0 Å². The van der Waals surface area contributed by atoms with Crippen LogP contribution < -0.4 is 5.32 Å². The highest BCUT2D eigenvalue weighted by atomic mass is 16.6. The quantitative estimate of drug-likeness (QED) is 0.261. The number of carbonyl (C=O) groups is 3. The summed E-state index contributed by atoms with van der Waals surface area (Å²) in [5, 5.41) is 2.96. The lowest BCUT2D eigenvalue weighted by Gasteiger charge is -2.65. The van der Waals surface area contributed by atoms with Gasteiger partial charge < -0.3 is 19.5 Å². The first-order valence-electron chi connectivity index (χ1n) is 15.5. The van der Waals surface area contributed by atoms with Gasteiger partial charge in [-0.3, -0.25) is 9.59 Å². The summed E-state index contributed by atoms with van der Waals surface area (Å²) in [5.41, 5.74) is -0.108. The maximum atomic E-state index is 12.2. The molecule has 1 amide bonds. The van der Waals surface area contributed by atoms with Gasteiger partial charge in [-0.05, 0) is 125 Å². The van der Waals surface area contributed by atoms with Gasteiger partial charge in [-0.2, -0.15) is 0 Å². The summed E-state index contributed by atoms with van der Waals surface area (Å²) in [4.78, 5) is 35.2. The van der Waals surface area contributed by atoms with E-state index in [0.717, 1.165) is 32.1 Å². The molecule has 7 nitrogen and oxygen atoms in total. The minimum Gasteiger partial charge on any atom is -0.465 e. The minimum absolute atomic E-state index is 0.0251. The van der Waals surface area contributed by atoms with E-state index in [4.69, 9.17) is 14.2 Å². The Bertz CT molecular complexity index is 886. The summed E-state index contributed by atoms with van der Waals surface area (Å²) in [6.45, 7) is 17.2. The van der Waals surface area contributed by atoms with E-state index >= 15 is 0 Å². The van der Waals surface area contributed by atoms with Crippen LogP contribution in [0.25, 0.3) is 0 Å². The van der Waals surface area contributed by atoms with Crippen LogP contribution in [0, 0.1) is 52.3 Å². The molecule has 0 aliphatic heterocycles. The zero-order chi connectivity index (χ0) is 28.6. The van der Waals surface area contributed by atoms with Crippen LogP contribution in [0.4, 0.5) is 4.79 Å². The van der Waals surface area contributed by atoms with Crippen molar-refractivity contribution in [2.24, 2.45) is 52.3 Å². The second-order valence-electron chi connectivity index (χ2n) is 14.7. The first-order chi connectivity index (χ1) is 18.4. The van der Waals surface area contributed by atoms with Gasteiger partial charge in [0.2, 0.25) is 0 Å². The van der Waals surface area contributed by atoms with Gasteiger partial charge in [-0.1, -0.05) is 27.7 Å². The molecule has 4 saturated carbocycles. The Hall–Kier alpha value is -1.79. The number of amides is 1. The molecular formula is C32H53NO6. The SMILES string of the molecule is CC[C@@H]1C2C[C@H](OC=O)CCC2(C)[C@H]2CCC3(C)C([C@H](C)CCNC(=O)OC(C)(C)C)CC[C@H]3[C@@H]2[C@@H]1OC=O. The van der Waals surface area contributed by atoms with Crippen LogP contribution in [0.5, 0.6) is 0 Å². The number of nitrogens with one attached hydrogen (secondary N) is 1. The topological polar surface area (TPSA) is 90.9 Å². The molecule has 0 bridgehead atoms. The molecule has 4 fully saturated rings. The molecule has 0 heterocycles. The number of hydrogen-bond acceptors (Lipinski definition) is 6. The van der Waals surface area contributed by atoms with Crippen molar-refractivity contribution in [1.29, 1.82) is 0 Å². The molecule has 11 atom stereocenters. The highest BCUT2D eigenvalue weighted by Gasteiger charge is 2.66. The van der Waals surface area contributed by atoms with Gasteiger partial charge >= 0.3 is 6.09 Å². The normalized spacial score (nSPS) is 42.2. The number of hydrogen-bond donors (Lipinski definition) is 1. The van der Waals surface area contributed by atoms with Gasteiger partial charge in [0.15, 0.2) is 0 Å². The minimum atomic E-state index is -0.493. The van der Waals surface area contributed by atoms with Crippen LogP contribution in [-0.4, -0.2) is 43.4 Å². The first kappa shape index (κ1) is 30.2. The van der Waals surface area contributed by atoms with Crippen LogP contribution in [0.2, 0.25) is 0 Å². The van der Waals surface area contributed by atoms with Crippen molar-refractivity contribution in [3.05, 3.63) is 0 Å². The highest BCUT2D eigenvalue weighted by molar-refractivity contribution is 5.67. The molecule has 7 heteroatoms. The molecular weight excluding hydrogens is 494 g/mol. The Balaban J connectivity index is 1.52. The van der Waals surface area contributed by atoms with E-state index in [9.17, 15) is 14.4 Å². The number of fused-ring (bicyclic) bond motifs is 5. The van der Waals surface area contributed by atoms with Crippen molar-refractivity contribution in [2.45, 2.75) is 124 Å². The highest BCUT2D eigenvalue weighted by Crippen LogP contribution is 2.70. The van der Waals surface area contributed by atoms with Crippen molar-refractivity contribution < 1.29 is 28.6 Å². The molecule has 39 heavy (non-hydrogen) atoms. The van der Waals surface area contributed by atoms with E-state index in [1.54, 1.807) is 0 Å². The third-order valence-corrected chi connectivity index (χ3v) is 11.8. The molecule has 4 aliphatic rings. The molecule has 222 valence electrons. The second-order valence-corrected chi connectivity index (χ2v) is 14.7. The summed E-state index contributed by atoms with van der Waals surface area (Å²) in [6.07, 6.45) is 9.08. The summed E-state index contributed by atoms with van der Waals surface area (Å²) >= 11 is 0. The van der Waals surface area contributed by atoms with Crippen LogP contribution in [0.15, 0.2) is 0 Å². The van der Waals surface area contributed by atoms with E-state index in [1.165, 1.54) is 25.7 Å². The van der Waals surface area contributed by atoms with E-state index in [1.807, 2.05) is 20.8 Å². The summed E-state index contributed by atoms with van der Waals surface area (Å²) in [6, 6.07) is 0. The van der Waals surface area contributed by atoms with E-state index in [0.29, 0.717) is 55.0 Å². The zero-order valence-corrected chi connectivity index (χ0v) is 25.4. The lowest BCUT2D eigenvalue weighted by Crippen LogP contribution is -2.62. The Morgan fingerprint density at radius 1 is 0.974 bits per heavy atom. The van der Waals surface area contributed by atoms with E-state index < -0.39 is 5.60 Å². The molecule has 4 aliphatic carbocycles. The van der Waals surface area contributed by atoms with Gasteiger partial charge in [0.25, 0.3) is 12.9 Å². The predicted octanol–water partition coefficient (Wildman–Crippen LogP) is 6.53. The van der Waals surface area contributed by atoms with Crippen molar-refractivity contribution in [3.63, 3.8) is 0 Å². The summed E-state index contributed by atoms with van der Waals surface area (Å²) < 4.78 is 17.0. The fourth-order valence-corrected chi connectivity index (χ4v) is 10.3. The van der Waals surface area contributed by atoms with Crippen molar-refractivity contribution in [1.82, 2.24) is 5.32 Å². The predicted molar refractivity (Wildman–Crippen MR) is 150 cm³/mol. The maximum absolute atomic E-state index is 12.2. The smallest absolute Gasteiger partial charge is 0.407 e. The fraction of sp³-hybridized carbons (Fsp3) is 0.906. The average Bonchev–Trinajstić information content (AvgIpc) is 3.21. The maximum Gasteiger partial charge on any atom is 0.407 e. The lowest BCUT2D eigenvalue weighted by molar-refractivity contribution is -0.213. The standard InChI is InChI=1S/C32H53NO6/c1-8-22-26-17-21(37-18-34)11-14-32(26,7)25-12-15-31(6)23(9-10-24(31)27(25)28(22)38-19-35)20(2)13-16-33-29(36)39-30(3,4)5/h18-28H,8-17H2,1-7H3,(H,33,36)/t20-,21-,22-,23?,24+,25+,26?,27+,28-,31?,32?/m1/s1. The molecule has 0 saturated heterocycles. The third kappa shape index (κ3) is 5.70. The van der Waals surface area contributed by atoms with Gasteiger partial charge in [0.05, 0.1) is 0 Å². The van der Waals surface area contributed by atoms with E-state index in [2.05, 4.69) is 33.0 Å². The largest absolute Gasteiger partial charge is 0.465 e. The van der Waals surface area contributed by atoms with Gasteiger partial charge in [-0.25, -0.2) is 4.79 Å². The van der Waals surface area contributed by atoms with Gasteiger partial charge in [-0.15, -0.1) is 0 Å². The zero-order valence-electron chi connectivity index (χ0n) is 25.4. The Kier molecular flexibility index (Phi) is 8.97. The van der Waals surface area contributed by atoms with Crippen molar-refractivity contribution in [2.75, 3.05) is 6.54 Å². The fourth-order valence-electron chi connectivity index (χ4n) is 10.3. The molecule has 0 aromatic heterocycles. The third-order valence-electron chi connectivity index (χ3n) is 11.8. The monoisotopic (exact) mass is 547 g/mol. The molecule has 4 unspecified atom stereocenters. The van der Waals surface area contributed by atoms with Crippen LogP contribution in [0.3, 0.4) is 0 Å². The van der Waals surface area contributed by atoms with Crippen LogP contribution in [0.1, 0.15) is 106 Å². The first-order valence-corrected chi connectivity index (χ1v) is 15.5. The second kappa shape index (κ2) is 11.6. The molecule has 0 aromatic rings. The van der Waals surface area contributed by atoms with Crippen molar-refractivity contribution in [3.8, 4) is 0 Å². The average molecular weight is 548 g/mol. The Labute approximate surface area is 235 Å². The van der Waals surface area contributed by atoms with E-state index in [-0.39, 0.29) is 35.0 Å². The Morgan fingerprint density at radius 3 is 2.28 bits per heavy atom. The lowest BCUT2D eigenvalue weighted by atomic mass is 9.41. The van der Waals surface area contributed by atoms with Gasteiger partial charge in [0.1, 0.15) is 17.8 Å². The molecule has 0 spiro atoms. The molecule has 1 N–H and O–H groups in total. The Morgan fingerprint density at radius 2 is 1.64 bits per heavy atom. The summed E-state index contributed by atoms with van der Waals surface area (Å²) in [5.74, 6) is 3.19. The molecule has 0 aromatic carbocycles. The van der Waals surface area contributed by atoms with Crippen LogP contribution >= 0.6 is 0 Å². The van der Waals surface area contributed by atoms with Crippen LogP contribution in [-0.2, 0) is 23.8 Å². The summed E-state index contributed by atoms with van der Waals surface area (Å²) in [7, 11) is 0. The molecule has 4 rings (SSSR count).